The molecule has 1 aromatic carbocycles. The van der Waals surface area contributed by atoms with E-state index < -0.39 is 6.04 Å². The lowest BCUT2D eigenvalue weighted by Gasteiger charge is -2.30. The molecule has 4 rings (SSSR count). The van der Waals surface area contributed by atoms with Crippen LogP contribution in [0.4, 0.5) is 0 Å². The summed E-state index contributed by atoms with van der Waals surface area (Å²) >= 11 is 0. The van der Waals surface area contributed by atoms with E-state index in [2.05, 4.69) is 20.2 Å². The van der Waals surface area contributed by atoms with Crippen molar-refractivity contribution in [2.45, 2.75) is 25.8 Å². The summed E-state index contributed by atoms with van der Waals surface area (Å²) in [6, 6.07) is 10.4. The third-order valence-electron chi connectivity index (χ3n) is 5.54. The van der Waals surface area contributed by atoms with Crippen molar-refractivity contribution in [3.8, 4) is 5.75 Å². The van der Waals surface area contributed by atoms with Gasteiger partial charge in [-0.3, -0.25) is 19.7 Å². The molecule has 1 fully saturated rings. The second-order valence-electron chi connectivity index (χ2n) is 7.75. The number of carbonyl (C=O) groups excluding carboxylic acids is 2. The lowest BCUT2D eigenvalue weighted by atomic mass is 10.1. The van der Waals surface area contributed by atoms with Crippen molar-refractivity contribution in [1.29, 1.82) is 0 Å². The van der Waals surface area contributed by atoms with Crippen LogP contribution in [0.3, 0.4) is 0 Å². The highest BCUT2D eigenvalue weighted by Gasteiger charge is 2.34. The van der Waals surface area contributed by atoms with Gasteiger partial charge in [0, 0.05) is 37.6 Å². The van der Waals surface area contributed by atoms with E-state index in [1.807, 2.05) is 31.2 Å². The first-order valence-corrected chi connectivity index (χ1v) is 10.6. The average molecular weight is 435 g/mol. The number of carbonyl (C=O) groups is 2. The fourth-order valence-electron chi connectivity index (χ4n) is 3.92. The molecule has 0 radical (unpaired) electrons. The van der Waals surface area contributed by atoms with Gasteiger partial charge in [0.15, 0.2) is 5.82 Å². The number of hydrogen-bond donors (Lipinski definition) is 1. The molecule has 2 aromatic heterocycles. The Hall–Kier alpha value is -3.75. The topological polar surface area (TPSA) is 104 Å². The Morgan fingerprint density at radius 2 is 2.00 bits per heavy atom. The average Bonchev–Trinajstić information content (AvgIpc) is 3.12. The van der Waals surface area contributed by atoms with E-state index in [1.54, 1.807) is 41.4 Å². The van der Waals surface area contributed by atoms with Crippen LogP contribution in [0.1, 0.15) is 40.0 Å². The van der Waals surface area contributed by atoms with Crippen LogP contribution >= 0.6 is 0 Å². The van der Waals surface area contributed by atoms with Crippen LogP contribution in [0.5, 0.6) is 5.75 Å². The second-order valence-corrected chi connectivity index (χ2v) is 7.75. The van der Waals surface area contributed by atoms with Gasteiger partial charge in [0.25, 0.3) is 5.91 Å². The molecular formula is C23H26N6O3. The van der Waals surface area contributed by atoms with Crippen LogP contribution in [-0.4, -0.2) is 68.5 Å². The van der Waals surface area contributed by atoms with Crippen molar-refractivity contribution in [2.75, 3.05) is 26.7 Å². The van der Waals surface area contributed by atoms with Crippen molar-refractivity contribution in [2.24, 2.45) is 0 Å². The first kappa shape index (κ1) is 21.5. The van der Waals surface area contributed by atoms with E-state index in [0.717, 1.165) is 11.3 Å². The van der Waals surface area contributed by atoms with Gasteiger partial charge in [-0.05, 0) is 43.2 Å². The Kier molecular flexibility index (Phi) is 6.44. The van der Waals surface area contributed by atoms with Gasteiger partial charge in [0.05, 0.1) is 13.5 Å². The van der Waals surface area contributed by atoms with Crippen molar-refractivity contribution >= 4 is 11.8 Å². The van der Waals surface area contributed by atoms with Crippen LogP contribution in [0.25, 0.3) is 0 Å². The maximum absolute atomic E-state index is 13.3. The predicted octanol–water partition coefficient (Wildman–Crippen LogP) is 2.18. The third kappa shape index (κ3) is 4.77. The maximum Gasteiger partial charge on any atom is 0.254 e. The van der Waals surface area contributed by atoms with Gasteiger partial charge < -0.3 is 14.5 Å². The Bertz CT molecular complexity index is 1080. The number of methoxy groups -OCH3 is 1. The summed E-state index contributed by atoms with van der Waals surface area (Å²) in [6.07, 6.45) is 4.12. The lowest BCUT2D eigenvalue weighted by Crippen LogP contribution is -2.41. The molecule has 9 nitrogen and oxygen atoms in total. The number of aromatic nitrogens is 4. The van der Waals surface area contributed by atoms with Crippen LogP contribution < -0.4 is 4.74 Å². The molecule has 0 bridgehead atoms. The zero-order valence-corrected chi connectivity index (χ0v) is 18.2. The lowest BCUT2D eigenvalue weighted by molar-refractivity contribution is -0.130. The van der Waals surface area contributed by atoms with Gasteiger partial charge in [0.2, 0.25) is 5.91 Å². The summed E-state index contributed by atoms with van der Waals surface area (Å²) in [5.41, 5.74) is 1.43. The van der Waals surface area contributed by atoms with E-state index in [-0.39, 0.29) is 18.2 Å². The zero-order chi connectivity index (χ0) is 22.5. The number of aryl methyl sites for hydroxylation is 1. The van der Waals surface area contributed by atoms with E-state index in [9.17, 15) is 9.59 Å². The van der Waals surface area contributed by atoms with Gasteiger partial charge in [-0.25, -0.2) is 4.98 Å². The molecule has 1 saturated heterocycles. The van der Waals surface area contributed by atoms with E-state index >= 15 is 0 Å². The first-order valence-electron chi connectivity index (χ1n) is 10.6. The predicted molar refractivity (Wildman–Crippen MR) is 117 cm³/mol. The molecule has 9 heteroatoms. The highest BCUT2D eigenvalue weighted by atomic mass is 16.5. The van der Waals surface area contributed by atoms with Crippen LogP contribution in [-0.2, 0) is 11.2 Å². The molecule has 2 amide bonds. The number of hydrogen-bond acceptors (Lipinski definition) is 6. The number of nitrogens with one attached hydrogen (secondary N) is 1. The summed E-state index contributed by atoms with van der Waals surface area (Å²) in [6.45, 7) is 3.20. The molecule has 1 N–H and O–H groups in total. The molecule has 1 unspecified atom stereocenters. The van der Waals surface area contributed by atoms with Crippen LogP contribution in [0.15, 0.2) is 48.8 Å². The van der Waals surface area contributed by atoms with E-state index in [1.165, 1.54) is 0 Å². The molecule has 1 atom stereocenters. The number of ether oxygens (including phenoxy) is 1. The van der Waals surface area contributed by atoms with Gasteiger partial charge in [-0.2, -0.15) is 5.10 Å². The Labute approximate surface area is 186 Å². The molecule has 1 aliphatic heterocycles. The van der Waals surface area contributed by atoms with Gasteiger partial charge in [-0.15, -0.1) is 0 Å². The minimum Gasteiger partial charge on any atom is -0.497 e. The smallest absolute Gasteiger partial charge is 0.254 e. The third-order valence-corrected chi connectivity index (χ3v) is 5.54. The number of nitrogens with zero attached hydrogens (tertiary/aromatic N) is 5. The monoisotopic (exact) mass is 434 g/mol. The normalized spacial score (nSPS) is 16.5. The fourth-order valence-corrected chi connectivity index (χ4v) is 3.92. The molecule has 0 aliphatic carbocycles. The molecule has 1 aliphatic rings. The molecule has 0 saturated carbocycles. The quantitative estimate of drug-likeness (QED) is 0.660. The van der Waals surface area contributed by atoms with Crippen molar-refractivity contribution in [3.05, 3.63) is 71.6 Å². The summed E-state index contributed by atoms with van der Waals surface area (Å²) in [5, 5.41) is 7.17. The number of H-pyrrole nitrogens is 1. The maximum atomic E-state index is 13.3. The number of benzene rings is 1. The number of pyridine rings is 1. The van der Waals surface area contributed by atoms with E-state index in [0.29, 0.717) is 43.3 Å². The fraction of sp³-hybridized carbons (Fsp3) is 0.348. The first-order chi connectivity index (χ1) is 15.5. The minimum absolute atomic E-state index is 0.00581. The van der Waals surface area contributed by atoms with Gasteiger partial charge in [-0.1, -0.05) is 12.1 Å². The Balaban J connectivity index is 1.58. The standard InChI is InChI=1S/C23H26N6O3/c1-16-25-22(27-26-16)20-15-28(21(30)14-17-5-3-6-19(13-17)32-2)11-4-12-29(20)23(31)18-7-9-24-10-8-18/h3,5-10,13,20H,4,11-12,14-15H2,1-2H3,(H,25,26,27). The van der Waals surface area contributed by atoms with Crippen LogP contribution in [0, 0.1) is 6.92 Å². The van der Waals surface area contributed by atoms with E-state index in [4.69, 9.17) is 4.74 Å². The summed E-state index contributed by atoms with van der Waals surface area (Å²) in [7, 11) is 1.60. The molecule has 3 heterocycles. The van der Waals surface area contributed by atoms with Crippen molar-refractivity contribution < 1.29 is 14.3 Å². The summed E-state index contributed by atoms with van der Waals surface area (Å²) < 4.78 is 5.27. The highest BCUT2D eigenvalue weighted by molar-refractivity contribution is 5.94. The van der Waals surface area contributed by atoms with Gasteiger partial charge in [0.1, 0.15) is 17.6 Å². The molecule has 3 aromatic rings. The van der Waals surface area contributed by atoms with Crippen molar-refractivity contribution in [3.63, 3.8) is 0 Å². The van der Waals surface area contributed by atoms with Crippen molar-refractivity contribution in [1.82, 2.24) is 30.0 Å². The largest absolute Gasteiger partial charge is 0.497 e. The Morgan fingerprint density at radius 3 is 2.72 bits per heavy atom. The second kappa shape index (κ2) is 9.59. The Morgan fingerprint density at radius 1 is 1.19 bits per heavy atom. The molecule has 166 valence electrons. The highest BCUT2D eigenvalue weighted by Crippen LogP contribution is 2.25. The number of aromatic amines is 1. The molecule has 0 spiro atoms. The SMILES string of the molecule is COc1cccc(CC(=O)N2CCCN(C(=O)c3ccncc3)C(c3n[nH]c(C)n3)C2)c1. The zero-order valence-electron chi connectivity index (χ0n) is 18.2. The van der Waals surface area contributed by atoms with Gasteiger partial charge >= 0.3 is 0 Å². The number of amides is 2. The van der Waals surface area contributed by atoms with Crippen LogP contribution in [0.2, 0.25) is 0 Å². The minimum atomic E-state index is -0.447. The summed E-state index contributed by atoms with van der Waals surface area (Å²) in [5.74, 6) is 1.76. The number of rotatable bonds is 5. The summed E-state index contributed by atoms with van der Waals surface area (Å²) in [4.78, 5) is 38.5. The molecule has 32 heavy (non-hydrogen) atoms. The molecular weight excluding hydrogens is 408 g/mol.